The van der Waals surface area contributed by atoms with Crippen LogP contribution in [0.25, 0.3) is 0 Å². The van der Waals surface area contributed by atoms with E-state index in [9.17, 15) is 4.79 Å². The number of carbonyl (C=O) groups is 1. The quantitative estimate of drug-likeness (QED) is 0.272. The molecule has 0 atom stereocenters. The summed E-state index contributed by atoms with van der Waals surface area (Å²) in [7, 11) is 0. The van der Waals surface area contributed by atoms with Gasteiger partial charge in [-0.3, -0.25) is 4.79 Å². The van der Waals surface area contributed by atoms with Crippen molar-refractivity contribution >= 4 is 5.97 Å². The SMILES string of the molecule is CCCCCCCCCCCCCCCOC(=O)C1CC1. The van der Waals surface area contributed by atoms with Crippen LogP contribution in [-0.4, -0.2) is 12.6 Å². The Balaban J connectivity index is 1.66. The van der Waals surface area contributed by atoms with Crippen LogP contribution in [0.4, 0.5) is 0 Å². The van der Waals surface area contributed by atoms with E-state index in [1.165, 1.54) is 77.0 Å². The molecule has 2 nitrogen and oxygen atoms in total. The molecule has 0 amide bonds. The van der Waals surface area contributed by atoms with E-state index < -0.39 is 0 Å². The lowest BCUT2D eigenvalue weighted by Gasteiger charge is -2.04. The molecule has 0 aromatic carbocycles. The number of ether oxygens (including phenoxy) is 1. The van der Waals surface area contributed by atoms with E-state index in [0.717, 1.165) is 19.3 Å². The highest BCUT2D eigenvalue weighted by atomic mass is 16.5. The van der Waals surface area contributed by atoms with Gasteiger partial charge in [-0.1, -0.05) is 84.0 Å². The summed E-state index contributed by atoms with van der Waals surface area (Å²) in [4.78, 5) is 11.3. The minimum Gasteiger partial charge on any atom is -0.465 e. The molecule has 2 heteroatoms. The van der Waals surface area contributed by atoms with Gasteiger partial charge in [0.05, 0.1) is 12.5 Å². The summed E-state index contributed by atoms with van der Waals surface area (Å²) >= 11 is 0. The van der Waals surface area contributed by atoms with Gasteiger partial charge in [0, 0.05) is 0 Å². The molecule has 0 aliphatic heterocycles. The second-order valence-corrected chi connectivity index (χ2v) is 6.68. The van der Waals surface area contributed by atoms with Gasteiger partial charge in [0.2, 0.25) is 0 Å². The van der Waals surface area contributed by atoms with Gasteiger partial charge < -0.3 is 4.74 Å². The number of hydrogen-bond donors (Lipinski definition) is 0. The Hall–Kier alpha value is -0.530. The molecular formula is C19H36O2. The van der Waals surface area contributed by atoms with Gasteiger partial charge in [0.25, 0.3) is 0 Å². The van der Waals surface area contributed by atoms with Gasteiger partial charge in [-0.05, 0) is 19.3 Å². The zero-order chi connectivity index (χ0) is 15.2. The molecule has 0 heterocycles. The molecule has 0 spiro atoms. The molecule has 0 unspecified atom stereocenters. The van der Waals surface area contributed by atoms with E-state index in [2.05, 4.69) is 6.92 Å². The van der Waals surface area contributed by atoms with Crippen LogP contribution in [0.2, 0.25) is 0 Å². The van der Waals surface area contributed by atoms with Crippen LogP contribution in [0.1, 0.15) is 103 Å². The molecule has 1 rings (SSSR count). The molecule has 0 radical (unpaired) electrons. The van der Waals surface area contributed by atoms with E-state index in [1.807, 2.05) is 0 Å². The summed E-state index contributed by atoms with van der Waals surface area (Å²) in [6.45, 7) is 2.92. The van der Waals surface area contributed by atoms with Crippen LogP contribution in [0.5, 0.6) is 0 Å². The highest BCUT2D eigenvalue weighted by Crippen LogP contribution is 2.30. The van der Waals surface area contributed by atoms with Gasteiger partial charge in [0.1, 0.15) is 0 Å². The molecule has 1 fully saturated rings. The maximum atomic E-state index is 11.3. The fourth-order valence-corrected chi connectivity index (χ4v) is 2.73. The summed E-state index contributed by atoms with van der Waals surface area (Å²) in [5.41, 5.74) is 0. The van der Waals surface area contributed by atoms with Crippen molar-refractivity contribution in [2.45, 2.75) is 103 Å². The Bertz CT molecular complexity index is 246. The number of carbonyl (C=O) groups excluding carboxylic acids is 1. The van der Waals surface area contributed by atoms with E-state index in [4.69, 9.17) is 4.74 Å². The molecule has 1 aliphatic carbocycles. The van der Waals surface area contributed by atoms with E-state index in [0.29, 0.717) is 6.61 Å². The first kappa shape index (κ1) is 18.5. The van der Waals surface area contributed by atoms with Crippen LogP contribution >= 0.6 is 0 Å². The van der Waals surface area contributed by atoms with E-state index in [1.54, 1.807) is 0 Å². The van der Waals surface area contributed by atoms with Gasteiger partial charge in [-0.15, -0.1) is 0 Å². The molecule has 124 valence electrons. The summed E-state index contributed by atoms with van der Waals surface area (Å²) < 4.78 is 5.23. The Morgan fingerprint density at radius 2 is 1.19 bits per heavy atom. The fourth-order valence-electron chi connectivity index (χ4n) is 2.73. The van der Waals surface area contributed by atoms with Crippen molar-refractivity contribution in [3.8, 4) is 0 Å². The Kier molecular flexibility index (Phi) is 11.6. The lowest BCUT2D eigenvalue weighted by Crippen LogP contribution is -2.07. The van der Waals surface area contributed by atoms with Crippen molar-refractivity contribution in [2.75, 3.05) is 6.61 Å². The Labute approximate surface area is 132 Å². The maximum absolute atomic E-state index is 11.3. The molecule has 21 heavy (non-hydrogen) atoms. The van der Waals surface area contributed by atoms with Crippen molar-refractivity contribution in [1.29, 1.82) is 0 Å². The number of unbranched alkanes of at least 4 members (excludes halogenated alkanes) is 12. The predicted octanol–water partition coefficient (Wildman–Crippen LogP) is 6.03. The van der Waals surface area contributed by atoms with E-state index in [-0.39, 0.29) is 11.9 Å². The first-order chi connectivity index (χ1) is 10.3. The van der Waals surface area contributed by atoms with E-state index >= 15 is 0 Å². The first-order valence-electron chi connectivity index (χ1n) is 9.51. The lowest BCUT2D eigenvalue weighted by atomic mass is 10.0. The standard InChI is InChI=1S/C19H36O2/c1-2-3-4-5-6-7-8-9-10-11-12-13-14-17-21-19(20)18-15-16-18/h18H,2-17H2,1H3. The highest BCUT2D eigenvalue weighted by Gasteiger charge is 2.30. The van der Waals surface area contributed by atoms with Crippen molar-refractivity contribution in [2.24, 2.45) is 5.92 Å². The summed E-state index contributed by atoms with van der Waals surface area (Å²) in [6.07, 6.45) is 19.7. The average Bonchev–Trinajstić information content (AvgIpc) is 3.32. The minimum atomic E-state index is 0.0499. The molecule has 0 bridgehead atoms. The second-order valence-electron chi connectivity index (χ2n) is 6.68. The van der Waals surface area contributed by atoms with Crippen LogP contribution in [0, 0.1) is 5.92 Å². The largest absolute Gasteiger partial charge is 0.465 e. The zero-order valence-electron chi connectivity index (χ0n) is 14.2. The maximum Gasteiger partial charge on any atom is 0.308 e. The highest BCUT2D eigenvalue weighted by molar-refractivity contribution is 5.74. The van der Waals surface area contributed by atoms with Gasteiger partial charge in [-0.25, -0.2) is 0 Å². The number of rotatable bonds is 15. The Morgan fingerprint density at radius 3 is 1.62 bits per heavy atom. The summed E-state index contributed by atoms with van der Waals surface area (Å²) in [5, 5.41) is 0. The smallest absolute Gasteiger partial charge is 0.308 e. The van der Waals surface area contributed by atoms with Crippen LogP contribution in [0.3, 0.4) is 0 Å². The number of hydrogen-bond acceptors (Lipinski definition) is 2. The molecule has 1 saturated carbocycles. The van der Waals surface area contributed by atoms with Crippen LogP contribution in [0.15, 0.2) is 0 Å². The lowest BCUT2D eigenvalue weighted by molar-refractivity contribution is -0.145. The monoisotopic (exact) mass is 296 g/mol. The van der Waals surface area contributed by atoms with Gasteiger partial charge in [-0.2, -0.15) is 0 Å². The van der Waals surface area contributed by atoms with Crippen molar-refractivity contribution in [1.82, 2.24) is 0 Å². The molecule has 0 N–H and O–H groups in total. The topological polar surface area (TPSA) is 26.3 Å². The minimum absolute atomic E-state index is 0.0499. The van der Waals surface area contributed by atoms with Gasteiger partial charge in [0.15, 0.2) is 0 Å². The third-order valence-corrected chi connectivity index (χ3v) is 4.40. The molecule has 0 saturated heterocycles. The van der Waals surface area contributed by atoms with Crippen LogP contribution < -0.4 is 0 Å². The first-order valence-corrected chi connectivity index (χ1v) is 9.51. The zero-order valence-corrected chi connectivity index (χ0v) is 14.2. The van der Waals surface area contributed by atoms with Crippen molar-refractivity contribution in [3.05, 3.63) is 0 Å². The third-order valence-electron chi connectivity index (χ3n) is 4.40. The normalized spacial score (nSPS) is 14.3. The molecular weight excluding hydrogens is 260 g/mol. The van der Waals surface area contributed by atoms with Gasteiger partial charge >= 0.3 is 5.97 Å². The number of esters is 1. The Morgan fingerprint density at radius 1 is 0.762 bits per heavy atom. The fraction of sp³-hybridized carbons (Fsp3) is 0.947. The molecule has 0 aromatic heterocycles. The average molecular weight is 296 g/mol. The third kappa shape index (κ3) is 11.8. The predicted molar refractivity (Wildman–Crippen MR) is 89.4 cm³/mol. The van der Waals surface area contributed by atoms with Crippen molar-refractivity contribution < 1.29 is 9.53 Å². The van der Waals surface area contributed by atoms with Crippen molar-refractivity contribution in [3.63, 3.8) is 0 Å². The summed E-state index contributed by atoms with van der Waals surface area (Å²) in [5.74, 6) is 0.306. The van der Waals surface area contributed by atoms with Crippen LogP contribution in [-0.2, 0) is 9.53 Å². The molecule has 0 aromatic rings. The second kappa shape index (κ2) is 13.2. The summed E-state index contributed by atoms with van der Waals surface area (Å²) in [6, 6.07) is 0. The molecule has 1 aliphatic rings.